The van der Waals surface area contributed by atoms with E-state index in [9.17, 15) is 9.59 Å². The fraction of sp³-hybridized carbons (Fsp3) is 0.615. The second-order valence-electron chi connectivity index (χ2n) is 5.22. The molecule has 0 saturated carbocycles. The standard InChI is InChI=1S/C13H21N3O4/c1-5-6-9-19-11(17)15-10-14-7-8-16(10)12(18)20-13(2,3)4/h7-8H,5-6,9H2,1-4H3,(H,14,15,17). The molecule has 7 heteroatoms. The summed E-state index contributed by atoms with van der Waals surface area (Å²) in [6, 6.07) is 0. The van der Waals surface area contributed by atoms with Gasteiger partial charge in [0.2, 0.25) is 5.95 Å². The highest BCUT2D eigenvalue weighted by Gasteiger charge is 2.20. The zero-order valence-electron chi connectivity index (χ0n) is 12.3. The number of aromatic nitrogens is 2. The second-order valence-corrected chi connectivity index (χ2v) is 5.22. The Bertz CT molecular complexity index is 462. The molecule has 0 saturated heterocycles. The van der Waals surface area contributed by atoms with Gasteiger partial charge in [0.1, 0.15) is 5.60 Å². The molecule has 1 N–H and O–H groups in total. The van der Waals surface area contributed by atoms with Gasteiger partial charge >= 0.3 is 12.2 Å². The average molecular weight is 283 g/mol. The van der Waals surface area contributed by atoms with Gasteiger partial charge in [-0.2, -0.15) is 0 Å². The summed E-state index contributed by atoms with van der Waals surface area (Å²) in [6.07, 6.45) is 3.27. The Labute approximate surface area is 118 Å². The zero-order chi connectivity index (χ0) is 15.2. The first-order valence-corrected chi connectivity index (χ1v) is 6.54. The minimum absolute atomic E-state index is 0.0701. The molecule has 0 bridgehead atoms. The third-order valence-corrected chi connectivity index (χ3v) is 2.18. The number of unbranched alkanes of at least 4 members (excludes halogenated alkanes) is 1. The molecule has 20 heavy (non-hydrogen) atoms. The lowest BCUT2D eigenvalue weighted by molar-refractivity contribution is 0.0540. The van der Waals surface area contributed by atoms with Gasteiger partial charge in [0.15, 0.2) is 0 Å². The number of anilines is 1. The van der Waals surface area contributed by atoms with E-state index in [1.54, 1.807) is 20.8 Å². The summed E-state index contributed by atoms with van der Waals surface area (Å²) in [5.74, 6) is 0.0701. The van der Waals surface area contributed by atoms with Crippen molar-refractivity contribution in [1.82, 2.24) is 9.55 Å². The summed E-state index contributed by atoms with van der Waals surface area (Å²) in [4.78, 5) is 27.3. The number of rotatable bonds is 4. The maximum atomic E-state index is 11.9. The van der Waals surface area contributed by atoms with Crippen LogP contribution in [0.1, 0.15) is 40.5 Å². The first-order chi connectivity index (χ1) is 9.33. The van der Waals surface area contributed by atoms with Crippen LogP contribution in [0, 0.1) is 0 Å². The Kier molecular flexibility index (Phi) is 5.54. The molecular formula is C13H21N3O4. The van der Waals surface area contributed by atoms with Gasteiger partial charge in [-0.15, -0.1) is 0 Å². The maximum Gasteiger partial charge on any atom is 0.421 e. The molecular weight excluding hydrogens is 262 g/mol. The Morgan fingerprint density at radius 3 is 2.70 bits per heavy atom. The Morgan fingerprint density at radius 2 is 2.10 bits per heavy atom. The third-order valence-electron chi connectivity index (χ3n) is 2.18. The third kappa shape index (κ3) is 5.29. The largest absolute Gasteiger partial charge is 0.449 e. The molecule has 0 atom stereocenters. The van der Waals surface area contributed by atoms with E-state index in [0.29, 0.717) is 6.61 Å². The monoisotopic (exact) mass is 283 g/mol. The number of nitrogens with zero attached hydrogens (tertiary/aromatic N) is 2. The topological polar surface area (TPSA) is 82.5 Å². The van der Waals surface area contributed by atoms with Gasteiger partial charge in [0, 0.05) is 12.4 Å². The van der Waals surface area contributed by atoms with Crippen molar-refractivity contribution in [3.8, 4) is 0 Å². The van der Waals surface area contributed by atoms with Crippen molar-refractivity contribution < 1.29 is 19.1 Å². The van der Waals surface area contributed by atoms with Gasteiger partial charge in [-0.05, 0) is 27.2 Å². The summed E-state index contributed by atoms with van der Waals surface area (Å²) in [5.41, 5.74) is -0.625. The van der Waals surface area contributed by atoms with E-state index in [1.807, 2.05) is 6.92 Å². The molecule has 0 aliphatic heterocycles. The minimum Gasteiger partial charge on any atom is -0.449 e. The highest BCUT2D eigenvalue weighted by atomic mass is 16.6. The van der Waals surface area contributed by atoms with E-state index in [2.05, 4.69) is 10.3 Å². The molecule has 0 fully saturated rings. The molecule has 1 rings (SSSR count). The Morgan fingerprint density at radius 1 is 1.40 bits per heavy atom. The lowest BCUT2D eigenvalue weighted by atomic mass is 10.2. The number of ether oxygens (including phenoxy) is 2. The molecule has 0 aliphatic rings. The van der Waals surface area contributed by atoms with Gasteiger partial charge < -0.3 is 9.47 Å². The molecule has 0 unspecified atom stereocenters. The van der Waals surface area contributed by atoms with E-state index in [4.69, 9.17) is 9.47 Å². The second kappa shape index (κ2) is 6.93. The van der Waals surface area contributed by atoms with Gasteiger partial charge in [-0.25, -0.2) is 19.1 Å². The summed E-state index contributed by atoms with van der Waals surface area (Å²) in [7, 11) is 0. The predicted molar refractivity (Wildman–Crippen MR) is 73.7 cm³/mol. The van der Waals surface area contributed by atoms with Crippen molar-refractivity contribution in [2.75, 3.05) is 11.9 Å². The van der Waals surface area contributed by atoms with Crippen molar-refractivity contribution in [2.24, 2.45) is 0 Å². The average Bonchev–Trinajstić information content (AvgIpc) is 2.75. The van der Waals surface area contributed by atoms with Crippen molar-refractivity contribution >= 4 is 18.1 Å². The normalized spacial score (nSPS) is 11.0. The summed E-state index contributed by atoms with van der Waals surface area (Å²) >= 11 is 0. The molecule has 1 amide bonds. The van der Waals surface area contributed by atoms with Gasteiger partial charge in [-0.3, -0.25) is 5.32 Å². The molecule has 0 aliphatic carbocycles. The fourth-order valence-corrected chi connectivity index (χ4v) is 1.29. The highest BCUT2D eigenvalue weighted by molar-refractivity contribution is 5.85. The van der Waals surface area contributed by atoms with Crippen molar-refractivity contribution in [1.29, 1.82) is 0 Å². The van der Waals surface area contributed by atoms with Crippen molar-refractivity contribution in [3.05, 3.63) is 12.4 Å². The van der Waals surface area contributed by atoms with Crippen LogP contribution in [0.3, 0.4) is 0 Å². The molecule has 7 nitrogen and oxygen atoms in total. The van der Waals surface area contributed by atoms with E-state index < -0.39 is 17.8 Å². The molecule has 1 aromatic rings. The summed E-state index contributed by atoms with van der Waals surface area (Å²) in [5, 5.41) is 2.41. The van der Waals surface area contributed by atoms with Crippen molar-refractivity contribution in [2.45, 2.75) is 46.1 Å². The number of carbonyl (C=O) groups is 2. The van der Waals surface area contributed by atoms with Gasteiger partial charge in [0.05, 0.1) is 6.61 Å². The maximum absolute atomic E-state index is 11.9. The number of carbonyl (C=O) groups excluding carboxylic acids is 2. The van der Waals surface area contributed by atoms with Crippen LogP contribution in [0.15, 0.2) is 12.4 Å². The van der Waals surface area contributed by atoms with Gasteiger partial charge in [-0.1, -0.05) is 13.3 Å². The van der Waals surface area contributed by atoms with E-state index >= 15 is 0 Å². The molecule has 1 heterocycles. The lowest BCUT2D eigenvalue weighted by Gasteiger charge is -2.19. The summed E-state index contributed by atoms with van der Waals surface area (Å²) in [6.45, 7) is 7.60. The SMILES string of the molecule is CCCCOC(=O)Nc1nccn1C(=O)OC(C)(C)C. The molecule has 1 aromatic heterocycles. The molecule has 112 valence electrons. The van der Waals surface area contributed by atoms with Crippen LogP contribution < -0.4 is 5.32 Å². The fourth-order valence-electron chi connectivity index (χ4n) is 1.29. The highest BCUT2D eigenvalue weighted by Crippen LogP contribution is 2.12. The molecule has 0 radical (unpaired) electrons. The first kappa shape index (κ1) is 16.0. The van der Waals surface area contributed by atoms with Crippen molar-refractivity contribution in [3.63, 3.8) is 0 Å². The zero-order valence-corrected chi connectivity index (χ0v) is 12.3. The predicted octanol–water partition coefficient (Wildman–Crippen LogP) is 3.01. The molecule has 0 aromatic carbocycles. The van der Waals surface area contributed by atoms with Crippen LogP contribution >= 0.6 is 0 Å². The van der Waals surface area contributed by atoms with E-state index in [1.165, 1.54) is 12.4 Å². The van der Waals surface area contributed by atoms with Crippen LogP contribution in [-0.4, -0.2) is 33.9 Å². The number of imidazole rings is 1. The minimum atomic E-state index is -0.644. The van der Waals surface area contributed by atoms with E-state index in [0.717, 1.165) is 17.4 Å². The van der Waals surface area contributed by atoms with E-state index in [-0.39, 0.29) is 5.95 Å². The number of hydrogen-bond donors (Lipinski definition) is 1. The van der Waals surface area contributed by atoms with Crippen LogP contribution in [0.2, 0.25) is 0 Å². The number of hydrogen-bond acceptors (Lipinski definition) is 5. The smallest absolute Gasteiger partial charge is 0.421 e. The number of nitrogens with one attached hydrogen (secondary N) is 1. The summed E-state index contributed by atoms with van der Waals surface area (Å²) < 4.78 is 11.2. The Hall–Kier alpha value is -2.05. The van der Waals surface area contributed by atoms with Crippen LogP contribution in [0.5, 0.6) is 0 Å². The van der Waals surface area contributed by atoms with Crippen LogP contribution in [0.25, 0.3) is 0 Å². The first-order valence-electron chi connectivity index (χ1n) is 6.54. The number of amides is 1. The molecule has 0 spiro atoms. The lowest BCUT2D eigenvalue weighted by Crippen LogP contribution is -2.28. The quantitative estimate of drug-likeness (QED) is 0.859. The van der Waals surface area contributed by atoms with Gasteiger partial charge in [0.25, 0.3) is 0 Å². The van der Waals surface area contributed by atoms with Crippen LogP contribution in [0.4, 0.5) is 15.5 Å². The Balaban J connectivity index is 2.62. The van der Waals surface area contributed by atoms with Crippen LogP contribution in [-0.2, 0) is 9.47 Å².